The minimum Gasteiger partial charge on any atom is -0.450 e. The molecule has 1 amide bonds. The summed E-state index contributed by atoms with van der Waals surface area (Å²) in [6.45, 7) is 5.63. The van der Waals surface area contributed by atoms with Crippen LogP contribution in [0.1, 0.15) is 38.3 Å². The quantitative estimate of drug-likeness (QED) is 0.279. The van der Waals surface area contributed by atoms with Crippen LogP contribution in [0.4, 0.5) is 10.6 Å². The SMILES string of the molecule is CNc1nc(Cl)nc2c1ncn2CCCCOC(=O)NCc1ccc2c(c1)ncn2C(C)C. The minimum absolute atomic E-state index is 0.168. The molecule has 174 valence electrons. The molecule has 1 aromatic carbocycles. The predicted molar refractivity (Wildman–Crippen MR) is 127 cm³/mol. The second-order valence-corrected chi connectivity index (χ2v) is 8.30. The number of benzene rings is 1. The van der Waals surface area contributed by atoms with E-state index in [0.717, 1.165) is 23.0 Å². The lowest BCUT2D eigenvalue weighted by Gasteiger charge is -2.09. The number of carbonyl (C=O) groups excluding carboxylic acids is 1. The van der Waals surface area contributed by atoms with Crippen molar-refractivity contribution >= 4 is 45.7 Å². The van der Waals surface area contributed by atoms with E-state index in [0.29, 0.717) is 49.1 Å². The molecule has 0 bridgehead atoms. The number of unbranched alkanes of at least 4 members (excludes halogenated alkanes) is 1. The number of alkyl carbamates (subject to hydrolysis) is 1. The van der Waals surface area contributed by atoms with E-state index >= 15 is 0 Å². The molecule has 3 aromatic heterocycles. The van der Waals surface area contributed by atoms with E-state index in [4.69, 9.17) is 16.3 Å². The normalized spacial score (nSPS) is 11.4. The van der Waals surface area contributed by atoms with Crippen molar-refractivity contribution in [3.05, 3.63) is 41.7 Å². The Bertz CT molecular complexity index is 1270. The molecule has 0 spiro atoms. The van der Waals surface area contributed by atoms with Crippen molar-refractivity contribution in [2.45, 2.75) is 45.8 Å². The molecule has 33 heavy (non-hydrogen) atoms. The molecular weight excluding hydrogens is 444 g/mol. The fourth-order valence-electron chi connectivity index (χ4n) is 3.63. The van der Waals surface area contributed by atoms with Crippen molar-refractivity contribution in [1.29, 1.82) is 0 Å². The summed E-state index contributed by atoms with van der Waals surface area (Å²) in [5.41, 5.74) is 4.32. The lowest BCUT2D eigenvalue weighted by atomic mass is 10.2. The zero-order chi connectivity index (χ0) is 23.4. The van der Waals surface area contributed by atoms with E-state index < -0.39 is 6.09 Å². The number of ether oxygens (including phenoxy) is 1. The van der Waals surface area contributed by atoms with E-state index in [2.05, 4.69) is 49.0 Å². The van der Waals surface area contributed by atoms with Gasteiger partial charge in [-0.15, -0.1) is 0 Å². The Kier molecular flexibility index (Phi) is 6.93. The molecule has 11 heteroatoms. The van der Waals surface area contributed by atoms with Crippen LogP contribution in [0.3, 0.4) is 0 Å². The number of fused-ring (bicyclic) bond motifs is 2. The van der Waals surface area contributed by atoms with Gasteiger partial charge in [0.15, 0.2) is 17.0 Å². The van der Waals surface area contributed by atoms with Crippen molar-refractivity contribution in [3.8, 4) is 0 Å². The van der Waals surface area contributed by atoms with Crippen LogP contribution < -0.4 is 10.6 Å². The molecule has 0 saturated heterocycles. The van der Waals surface area contributed by atoms with Gasteiger partial charge in [0.25, 0.3) is 0 Å². The van der Waals surface area contributed by atoms with Crippen molar-refractivity contribution in [2.24, 2.45) is 0 Å². The molecule has 2 N–H and O–H groups in total. The molecular formula is C22H27ClN8O2. The number of aryl methyl sites for hydroxylation is 1. The van der Waals surface area contributed by atoms with Gasteiger partial charge in [-0.3, -0.25) is 0 Å². The van der Waals surface area contributed by atoms with Crippen LogP contribution in [0.15, 0.2) is 30.9 Å². The fourth-order valence-corrected chi connectivity index (χ4v) is 3.79. The Morgan fingerprint density at radius 3 is 2.82 bits per heavy atom. The maximum Gasteiger partial charge on any atom is 0.407 e. The van der Waals surface area contributed by atoms with Gasteiger partial charge in [0.05, 0.1) is 30.3 Å². The average molecular weight is 471 g/mol. The Hall–Kier alpha value is -3.40. The van der Waals surface area contributed by atoms with Crippen LogP contribution in [-0.4, -0.2) is 48.8 Å². The molecule has 4 rings (SSSR count). The number of hydrogen-bond acceptors (Lipinski definition) is 7. The van der Waals surface area contributed by atoms with Crippen molar-refractivity contribution < 1.29 is 9.53 Å². The van der Waals surface area contributed by atoms with E-state index in [1.54, 1.807) is 13.4 Å². The van der Waals surface area contributed by atoms with Gasteiger partial charge in [0.1, 0.15) is 0 Å². The molecule has 0 atom stereocenters. The van der Waals surface area contributed by atoms with Gasteiger partial charge in [-0.2, -0.15) is 9.97 Å². The Balaban J connectivity index is 1.21. The number of halogens is 1. The monoisotopic (exact) mass is 470 g/mol. The van der Waals surface area contributed by atoms with Gasteiger partial charge in [0, 0.05) is 26.2 Å². The highest BCUT2D eigenvalue weighted by atomic mass is 35.5. The molecule has 0 fully saturated rings. The number of imidazole rings is 2. The number of aromatic nitrogens is 6. The molecule has 4 aromatic rings. The summed E-state index contributed by atoms with van der Waals surface area (Å²) in [4.78, 5) is 29.2. The molecule has 3 heterocycles. The van der Waals surface area contributed by atoms with Gasteiger partial charge in [0.2, 0.25) is 5.28 Å². The topological polar surface area (TPSA) is 112 Å². The van der Waals surface area contributed by atoms with Crippen LogP contribution in [0, 0.1) is 0 Å². The second kappa shape index (κ2) is 10.0. The zero-order valence-corrected chi connectivity index (χ0v) is 19.6. The maximum absolute atomic E-state index is 12.0. The van der Waals surface area contributed by atoms with E-state index in [1.165, 1.54) is 0 Å². The molecule has 0 aliphatic rings. The van der Waals surface area contributed by atoms with Crippen molar-refractivity contribution in [1.82, 2.24) is 34.4 Å². The van der Waals surface area contributed by atoms with Gasteiger partial charge >= 0.3 is 6.09 Å². The molecule has 0 aliphatic heterocycles. The minimum atomic E-state index is -0.436. The summed E-state index contributed by atoms with van der Waals surface area (Å²) in [5, 5.41) is 5.93. The first-order valence-corrected chi connectivity index (χ1v) is 11.3. The maximum atomic E-state index is 12.0. The average Bonchev–Trinajstić information content (AvgIpc) is 3.40. The first kappa shape index (κ1) is 22.8. The fraction of sp³-hybridized carbons (Fsp3) is 0.409. The van der Waals surface area contributed by atoms with E-state index in [1.807, 2.05) is 29.1 Å². The molecule has 0 aliphatic carbocycles. The number of nitrogens with zero attached hydrogens (tertiary/aromatic N) is 6. The highest BCUT2D eigenvalue weighted by molar-refractivity contribution is 6.28. The van der Waals surface area contributed by atoms with E-state index in [-0.39, 0.29) is 5.28 Å². The highest BCUT2D eigenvalue weighted by Gasteiger charge is 2.12. The lowest BCUT2D eigenvalue weighted by molar-refractivity contribution is 0.143. The third-order valence-corrected chi connectivity index (χ3v) is 5.50. The number of anilines is 1. The molecule has 0 saturated carbocycles. The Morgan fingerprint density at radius 1 is 1.18 bits per heavy atom. The summed E-state index contributed by atoms with van der Waals surface area (Å²) >= 11 is 5.99. The zero-order valence-electron chi connectivity index (χ0n) is 18.9. The summed E-state index contributed by atoms with van der Waals surface area (Å²) in [6.07, 6.45) is 4.63. The van der Waals surface area contributed by atoms with Crippen LogP contribution in [0.2, 0.25) is 5.28 Å². The van der Waals surface area contributed by atoms with Crippen molar-refractivity contribution in [3.63, 3.8) is 0 Å². The first-order valence-electron chi connectivity index (χ1n) is 10.9. The third-order valence-electron chi connectivity index (χ3n) is 5.33. The first-order chi connectivity index (χ1) is 16.0. The molecule has 0 radical (unpaired) electrons. The Morgan fingerprint density at radius 2 is 2.03 bits per heavy atom. The van der Waals surface area contributed by atoms with Crippen LogP contribution >= 0.6 is 11.6 Å². The highest BCUT2D eigenvalue weighted by Crippen LogP contribution is 2.21. The van der Waals surface area contributed by atoms with Gasteiger partial charge < -0.3 is 24.5 Å². The summed E-state index contributed by atoms with van der Waals surface area (Å²) in [7, 11) is 1.76. The van der Waals surface area contributed by atoms with E-state index in [9.17, 15) is 4.79 Å². The summed E-state index contributed by atoms with van der Waals surface area (Å²) < 4.78 is 9.33. The predicted octanol–water partition coefficient (Wildman–Crippen LogP) is 4.16. The number of amides is 1. The number of rotatable bonds is 9. The third kappa shape index (κ3) is 5.16. The molecule has 0 unspecified atom stereocenters. The Labute approximate surface area is 196 Å². The number of hydrogen-bond donors (Lipinski definition) is 2. The number of nitrogens with one attached hydrogen (secondary N) is 2. The lowest BCUT2D eigenvalue weighted by Crippen LogP contribution is -2.24. The largest absolute Gasteiger partial charge is 0.450 e. The summed E-state index contributed by atoms with van der Waals surface area (Å²) in [6, 6.07) is 6.35. The second-order valence-electron chi connectivity index (χ2n) is 7.97. The standard InChI is InChI=1S/C22H27ClN8O2/c1-14(2)31-13-26-16-10-15(6-7-17(16)31)11-25-22(32)33-9-5-4-8-30-12-27-18-19(24-3)28-21(23)29-20(18)30/h6-7,10,12-14H,4-5,8-9,11H2,1-3H3,(H,25,32)(H,24,28,29). The van der Waals surface area contributed by atoms with Crippen molar-refractivity contribution in [2.75, 3.05) is 19.0 Å². The summed E-state index contributed by atoms with van der Waals surface area (Å²) in [5.74, 6) is 0.594. The van der Waals surface area contributed by atoms with Crippen LogP contribution in [0.5, 0.6) is 0 Å². The smallest absolute Gasteiger partial charge is 0.407 e. The van der Waals surface area contributed by atoms with Crippen LogP contribution in [-0.2, 0) is 17.8 Å². The van der Waals surface area contributed by atoms with Gasteiger partial charge in [-0.25, -0.2) is 14.8 Å². The van der Waals surface area contributed by atoms with Crippen LogP contribution in [0.25, 0.3) is 22.2 Å². The van der Waals surface area contributed by atoms with Gasteiger partial charge in [-0.05, 0) is 56.0 Å². The number of carbonyl (C=O) groups is 1. The van der Waals surface area contributed by atoms with Gasteiger partial charge in [-0.1, -0.05) is 6.07 Å². The molecule has 10 nitrogen and oxygen atoms in total.